The number of benzene rings is 6. The van der Waals surface area contributed by atoms with Gasteiger partial charge in [-0.05, 0) is 71.8 Å². The maximum absolute atomic E-state index is 6.49. The fourth-order valence-corrected chi connectivity index (χ4v) is 7.20. The van der Waals surface area contributed by atoms with Crippen LogP contribution in [-0.2, 0) is 0 Å². The highest BCUT2D eigenvalue weighted by Crippen LogP contribution is 2.39. The van der Waals surface area contributed by atoms with Crippen molar-refractivity contribution in [2.24, 2.45) is 0 Å². The molecule has 0 atom stereocenters. The number of nitrogens with zero attached hydrogens (tertiary/aromatic N) is 4. The number of aromatic nitrogens is 4. The van der Waals surface area contributed by atoms with Crippen LogP contribution in [0.3, 0.4) is 0 Å². The van der Waals surface area contributed by atoms with E-state index in [-0.39, 0.29) is 0 Å². The Morgan fingerprint density at radius 1 is 0.440 bits per heavy atom. The molecule has 0 unspecified atom stereocenters. The number of furan rings is 1. The van der Waals surface area contributed by atoms with Crippen LogP contribution in [0.5, 0.6) is 0 Å². The molecule has 0 spiro atoms. The number of hydrogen-bond donors (Lipinski definition) is 0. The monoisotopic (exact) mass is 640 g/mol. The standard InChI is InChI=1S/C45H28N4O/c1-2-11-30(12-3-1)45-47-39(28-40(48-45)38-17-10-16-37-36-15-6-9-20-43(36)50-44(37)38)32-25-31(29-21-23-46-24-22-29)26-33(27-32)49-41-18-7-4-13-34(41)35-14-5-8-19-42(35)49/h1-28H. The maximum atomic E-state index is 6.49. The topological polar surface area (TPSA) is 56.7 Å². The van der Waals surface area contributed by atoms with Crippen molar-refractivity contribution in [1.82, 2.24) is 19.5 Å². The minimum atomic E-state index is 0.652. The fourth-order valence-electron chi connectivity index (χ4n) is 7.20. The fraction of sp³-hybridized carbons (Fsp3) is 0. The predicted octanol–water partition coefficient (Wildman–Crippen LogP) is 11.5. The van der Waals surface area contributed by atoms with Gasteiger partial charge in [-0.25, -0.2) is 9.97 Å². The van der Waals surface area contributed by atoms with Gasteiger partial charge in [0.1, 0.15) is 11.2 Å². The number of fused-ring (bicyclic) bond motifs is 6. The van der Waals surface area contributed by atoms with Gasteiger partial charge in [0, 0.05) is 56.3 Å². The molecule has 0 saturated heterocycles. The van der Waals surface area contributed by atoms with E-state index in [1.807, 2.05) is 48.8 Å². The van der Waals surface area contributed by atoms with Gasteiger partial charge in [-0.2, -0.15) is 0 Å². The van der Waals surface area contributed by atoms with E-state index in [2.05, 4.69) is 131 Å². The van der Waals surface area contributed by atoms with Gasteiger partial charge in [0.05, 0.1) is 22.4 Å². The highest BCUT2D eigenvalue weighted by molar-refractivity contribution is 6.10. The highest BCUT2D eigenvalue weighted by atomic mass is 16.3. The largest absolute Gasteiger partial charge is 0.455 e. The summed E-state index contributed by atoms with van der Waals surface area (Å²) in [6.07, 6.45) is 3.68. The van der Waals surface area contributed by atoms with E-state index < -0.39 is 0 Å². The van der Waals surface area contributed by atoms with Crippen molar-refractivity contribution in [1.29, 1.82) is 0 Å². The Hall–Kier alpha value is -6.85. The minimum Gasteiger partial charge on any atom is -0.455 e. The summed E-state index contributed by atoms with van der Waals surface area (Å²) in [6, 6.07) is 54.7. The highest BCUT2D eigenvalue weighted by Gasteiger charge is 2.19. The van der Waals surface area contributed by atoms with E-state index in [1.54, 1.807) is 0 Å². The van der Waals surface area contributed by atoms with Crippen molar-refractivity contribution in [3.05, 3.63) is 170 Å². The Bertz CT molecular complexity index is 2820. The Balaban J connectivity index is 1.26. The van der Waals surface area contributed by atoms with Gasteiger partial charge in [-0.1, -0.05) is 97.1 Å². The van der Waals surface area contributed by atoms with Gasteiger partial charge >= 0.3 is 0 Å². The predicted molar refractivity (Wildman–Crippen MR) is 203 cm³/mol. The third kappa shape index (κ3) is 4.60. The summed E-state index contributed by atoms with van der Waals surface area (Å²) in [5.74, 6) is 0.652. The lowest BCUT2D eigenvalue weighted by atomic mass is 9.99. The summed E-state index contributed by atoms with van der Waals surface area (Å²) in [6.45, 7) is 0. The van der Waals surface area contributed by atoms with E-state index in [0.717, 1.165) is 77.9 Å². The van der Waals surface area contributed by atoms with Crippen LogP contribution in [-0.4, -0.2) is 19.5 Å². The van der Waals surface area contributed by atoms with Crippen molar-refractivity contribution >= 4 is 43.7 Å². The zero-order valence-corrected chi connectivity index (χ0v) is 26.9. The molecule has 0 aliphatic carbocycles. The van der Waals surface area contributed by atoms with Gasteiger partial charge in [0.25, 0.3) is 0 Å². The average molecular weight is 641 g/mol. The molecule has 234 valence electrons. The lowest BCUT2D eigenvalue weighted by Crippen LogP contribution is -1.99. The van der Waals surface area contributed by atoms with Crippen molar-refractivity contribution in [2.45, 2.75) is 0 Å². The summed E-state index contributed by atoms with van der Waals surface area (Å²) in [7, 11) is 0. The number of pyridine rings is 1. The zero-order chi connectivity index (χ0) is 33.0. The smallest absolute Gasteiger partial charge is 0.160 e. The van der Waals surface area contributed by atoms with Crippen LogP contribution in [0, 0.1) is 0 Å². The molecule has 5 heteroatoms. The molecular weight excluding hydrogens is 613 g/mol. The summed E-state index contributed by atoms with van der Waals surface area (Å²) in [4.78, 5) is 14.7. The van der Waals surface area contributed by atoms with E-state index in [1.165, 1.54) is 10.8 Å². The Morgan fingerprint density at radius 3 is 1.86 bits per heavy atom. The first kappa shape index (κ1) is 28.2. The molecule has 10 aromatic rings. The normalized spacial score (nSPS) is 11.6. The second-order valence-corrected chi connectivity index (χ2v) is 12.5. The third-order valence-electron chi connectivity index (χ3n) is 9.50. The van der Waals surface area contributed by atoms with Crippen LogP contribution >= 0.6 is 0 Å². The average Bonchev–Trinajstić information content (AvgIpc) is 3.74. The van der Waals surface area contributed by atoms with Crippen LogP contribution in [0.1, 0.15) is 0 Å². The molecule has 0 fully saturated rings. The van der Waals surface area contributed by atoms with E-state index in [0.29, 0.717) is 5.82 Å². The van der Waals surface area contributed by atoms with Gasteiger partial charge in [0.15, 0.2) is 5.82 Å². The molecule has 0 amide bonds. The van der Waals surface area contributed by atoms with Crippen molar-refractivity contribution in [2.75, 3.05) is 0 Å². The number of hydrogen-bond acceptors (Lipinski definition) is 4. The second kappa shape index (κ2) is 11.4. The molecule has 6 aromatic carbocycles. The van der Waals surface area contributed by atoms with Crippen LogP contribution < -0.4 is 0 Å². The maximum Gasteiger partial charge on any atom is 0.160 e. The molecule has 0 aliphatic rings. The molecule has 0 aliphatic heterocycles. The summed E-state index contributed by atoms with van der Waals surface area (Å²) < 4.78 is 8.84. The SMILES string of the molecule is c1ccc(-c2nc(-c3cc(-c4ccncc4)cc(-n4c5ccccc5c5ccccc54)c3)cc(-c3cccc4c3oc3ccccc34)n2)cc1. The molecule has 0 saturated carbocycles. The molecule has 0 N–H and O–H groups in total. The van der Waals surface area contributed by atoms with Crippen LogP contribution in [0.15, 0.2) is 175 Å². The molecule has 4 aromatic heterocycles. The van der Waals surface area contributed by atoms with Gasteiger partial charge in [-0.15, -0.1) is 0 Å². The summed E-state index contributed by atoms with van der Waals surface area (Å²) in [5, 5.41) is 4.58. The first-order valence-electron chi connectivity index (χ1n) is 16.7. The molecule has 0 radical (unpaired) electrons. The van der Waals surface area contributed by atoms with E-state index in [9.17, 15) is 0 Å². The minimum absolute atomic E-state index is 0.652. The van der Waals surface area contributed by atoms with Crippen LogP contribution in [0.25, 0.3) is 94.5 Å². The Kier molecular flexibility index (Phi) is 6.42. The van der Waals surface area contributed by atoms with Crippen molar-refractivity contribution in [3.8, 4) is 50.7 Å². The summed E-state index contributed by atoms with van der Waals surface area (Å²) >= 11 is 0. The molecule has 10 rings (SSSR count). The van der Waals surface area contributed by atoms with Gasteiger partial charge in [0.2, 0.25) is 0 Å². The van der Waals surface area contributed by atoms with E-state index in [4.69, 9.17) is 14.4 Å². The van der Waals surface area contributed by atoms with Crippen LogP contribution in [0.4, 0.5) is 0 Å². The molecule has 50 heavy (non-hydrogen) atoms. The third-order valence-corrected chi connectivity index (χ3v) is 9.50. The van der Waals surface area contributed by atoms with Gasteiger partial charge < -0.3 is 8.98 Å². The molecule has 0 bridgehead atoms. The summed E-state index contributed by atoms with van der Waals surface area (Å²) in [5.41, 5.74) is 11.6. The number of para-hydroxylation sites is 4. The second-order valence-electron chi connectivity index (χ2n) is 12.5. The first-order valence-corrected chi connectivity index (χ1v) is 16.7. The first-order chi connectivity index (χ1) is 24.8. The van der Waals surface area contributed by atoms with Crippen molar-refractivity contribution < 1.29 is 4.42 Å². The Morgan fingerprint density at radius 2 is 1.08 bits per heavy atom. The molecule has 4 heterocycles. The molecule has 5 nitrogen and oxygen atoms in total. The Labute approximate surface area is 287 Å². The lowest BCUT2D eigenvalue weighted by molar-refractivity contribution is 0.670. The molecular formula is C45H28N4O. The van der Waals surface area contributed by atoms with Crippen LogP contribution in [0.2, 0.25) is 0 Å². The number of rotatable bonds is 5. The van der Waals surface area contributed by atoms with Gasteiger partial charge in [-0.3, -0.25) is 4.98 Å². The lowest BCUT2D eigenvalue weighted by Gasteiger charge is -2.15. The zero-order valence-electron chi connectivity index (χ0n) is 26.9. The van der Waals surface area contributed by atoms with E-state index >= 15 is 0 Å². The van der Waals surface area contributed by atoms with Crippen molar-refractivity contribution in [3.63, 3.8) is 0 Å². The quantitative estimate of drug-likeness (QED) is 0.188.